The lowest BCUT2D eigenvalue weighted by Gasteiger charge is -2.37. The summed E-state index contributed by atoms with van der Waals surface area (Å²) in [5, 5.41) is 2.98. The monoisotopic (exact) mass is 332 g/mol. The Labute approximate surface area is 144 Å². The molecule has 1 atom stereocenters. The minimum atomic E-state index is -0.00476. The number of likely N-dealkylation sites (N-methyl/N-ethyl adjacent to an activating group) is 1. The van der Waals surface area contributed by atoms with Gasteiger partial charge in [0.15, 0.2) is 0 Å². The van der Waals surface area contributed by atoms with Crippen molar-refractivity contribution in [1.29, 1.82) is 0 Å². The second kappa shape index (κ2) is 7.85. The Bertz CT molecular complexity index is 540. The van der Waals surface area contributed by atoms with E-state index in [1.807, 2.05) is 29.2 Å². The Balaban J connectivity index is 1.48. The predicted molar refractivity (Wildman–Crippen MR) is 95.7 cm³/mol. The minimum absolute atomic E-state index is 0.00476. The first-order chi connectivity index (χ1) is 11.7. The fraction of sp³-hybridized carbons (Fsp3) is 0.611. The molecule has 2 saturated heterocycles. The molecule has 24 heavy (non-hydrogen) atoms. The number of benzene rings is 1. The lowest BCUT2D eigenvalue weighted by molar-refractivity contribution is 0.103. The van der Waals surface area contributed by atoms with Crippen molar-refractivity contribution in [3.63, 3.8) is 0 Å². The van der Waals surface area contributed by atoms with Gasteiger partial charge >= 0.3 is 6.03 Å². The van der Waals surface area contributed by atoms with E-state index in [9.17, 15) is 4.79 Å². The molecule has 1 aromatic carbocycles. The lowest BCUT2D eigenvalue weighted by Crippen LogP contribution is -2.51. The number of likely N-dealkylation sites (tertiary alicyclic amines) is 1. The summed E-state index contributed by atoms with van der Waals surface area (Å²) in [6.07, 6.45) is 1.07. The van der Waals surface area contributed by atoms with E-state index >= 15 is 0 Å². The van der Waals surface area contributed by atoms with Gasteiger partial charge in [-0.05, 0) is 37.2 Å². The quantitative estimate of drug-likeness (QED) is 0.915. The van der Waals surface area contributed by atoms with Gasteiger partial charge in [0, 0.05) is 51.0 Å². The number of carbonyl (C=O) groups excluding carboxylic acids is 1. The van der Waals surface area contributed by atoms with Crippen molar-refractivity contribution >= 4 is 11.7 Å². The largest absolute Gasteiger partial charge is 0.497 e. The van der Waals surface area contributed by atoms with Crippen molar-refractivity contribution in [1.82, 2.24) is 14.7 Å². The molecule has 3 rings (SSSR count). The van der Waals surface area contributed by atoms with Gasteiger partial charge in [-0.2, -0.15) is 0 Å². The normalized spacial score (nSPS) is 22.6. The van der Waals surface area contributed by atoms with Gasteiger partial charge in [0.1, 0.15) is 5.75 Å². The van der Waals surface area contributed by atoms with Gasteiger partial charge in [0.25, 0.3) is 0 Å². The van der Waals surface area contributed by atoms with Crippen LogP contribution in [-0.4, -0.2) is 79.7 Å². The van der Waals surface area contributed by atoms with Crippen LogP contribution in [0.1, 0.15) is 13.3 Å². The Morgan fingerprint density at radius 1 is 1.17 bits per heavy atom. The van der Waals surface area contributed by atoms with Crippen LogP contribution in [0.4, 0.5) is 10.5 Å². The average molecular weight is 332 g/mol. The number of methoxy groups -OCH3 is 1. The van der Waals surface area contributed by atoms with Crippen LogP contribution in [0.2, 0.25) is 0 Å². The molecule has 2 aliphatic heterocycles. The molecule has 6 heteroatoms. The molecule has 2 heterocycles. The molecule has 0 radical (unpaired) electrons. The van der Waals surface area contributed by atoms with E-state index in [-0.39, 0.29) is 6.03 Å². The number of amides is 2. The number of ether oxygens (including phenoxy) is 1. The fourth-order valence-electron chi connectivity index (χ4n) is 3.55. The SMILES string of the molecule is CCN1CCN([C@H]2CCN(C(=O)Nc3ccc(OC)cc3)C2)CC1. The summed E-state index contributed by atoms with van der Waals surface area (Å²) in [5.41, 5.74) is 0.806. The second-order valence-electron chi connectivity index (χ2n) is 6.52. The molecule has 0 unspecified atom stereocenters. The molecule has 0 spiro atoms. The summed E-state index contributed by atoms with van der Waals surface area (Å²) in [6.45, 7) is 9.54. The summed E-state index contributed by atoms with van der Waals surface area (Å²) >= 11 is 0. The van der Waals surface area contributed by atoms with Crippen molar-refractivity contribution in [3.8, 4) is 5.75 Å². The van der Waals surface area contributed by atoms with E-state index in [0.29, 0.717) is 6.04 Å². The van der Waals surface area contributed by atoms with Gasteiger partial charge in [-0.25, -0.2) is 4.79 Å². The van der Waals surface area contributed by atoms with E-state index in [0.717, 1.165) is 63.7 Å². The van der Waals surface area contributed by atoms with Crippen molar-refractivity contribution in [3.05, 3.63) is 24.3 Å². The van der Waals surface area contributed by atoms with Crippen LogP contribution in [0.15, 0.2) is 24.3 Å². The number of hydrogen-bond donors (Lipinski definition) is 1. The summed E-state index contributed by atoms with van der Waals surface area (Å²) in [7, 11) is 1.64. The van der Waals surface area contributed by atoms with Crippen LogP contribution in [0, 0.1) is 0 Å². The highest BCUT2D eigenvalue weighted by molar-refractivity contribution is 5.89. The van der Waals surface area contributed by atoms with Gasteiger partial charge in [-0.1, -0.05) is 6.92 Å². The highest BCUT2D eigenvalue weighted by Gasteiger charge is 2.31. The predicted octanol–water partition coefficient (Wildman–Crippen LogP) is 1.94. The Kier molecular flexibility index (Phi) is 5.58. The molecule has 1 aromatic rings. The molecule has 0 aliphatic carbocycles. The van der Waals surface area contributed by atoms with E-state index < -0.39 is 0 Å². The summed E-state index contributed by atoms with van der Waals surface area (Å²) in [6, 6.07) is 7.95. The van der Waals surface area contributed by atoms with E-state index in [2.05, 4.69) is 22.0 Å². The maximum absolute atomic E-state index is 12.5. The molecule has 2 aliphatic rings. The Morgan fingerprint density at radius 3 is 2.50 bits per heavy atom. The number of piperazine rings is 1. The number of nitrogens with zero attached hydrogens (tertiary/aromatic N) is 3. The van der Waals surface area contributed by atoms with Crippen LogP contribution in [0.5, 0.6) is 5.75 Å². The molecule has 2 amide bonds. The topological polar surface area (TPSA) is 48.0 Å². The number of carbonyl (C=O) groups is 1. The molecule has 0 aromatic heterocycles. The Morgan fingerprint density at radius 2 is 1.88 bits per heavy atom. The zero-order valence-corrected chi connectivity index (χ0v) is 14.7. The highest BCUT2D eigenvalue weighted by Crippen LogP contribution is 2.20. The lowest BCUT2D eigenvalue weighted by atomic mass is 10.2. The van der Waals surface area contributed by atoms with Crippen LogP contribution >= 0.6 is 0 Å². The first-order valence-corrected chi connectivity index (χ1v) is 8.86. The van der Waals surface area contributed by atoms with Crippen LogP contribution in [-0.2, 0) is 0 Å². The number of nitrogens with one attached hydrogen (secondary N) is 1. The minimum Gasteiger partial charge on any atom is -0.497 e. The zero-order chi connectivity index (χ0) is 16.9. The van der Waals surface area contributed by atoms with Gasteiger partial charge in [0.05, 0.1) is 7.11 Å². The van der Waals surface area contributed by atoms with Crippen LogP contribution in [0.3, 0.4) is 0 Å². The molecule has 0 saturated carbocycles. The molecular formula is C18H28N4O2. The number of hydrogen-bond acceptors (Lipinski definition) is 4. The molecule has 0 bridgehead atoms. The van der Waals surface area contributed by atoms with E-state index in [1.54, 1.807) is 7.11 Å². The third-order valence-electron chi connectivity index (χ3n) is 5.16. The van der Waals surface area contributed by atoms with Gasteiger partial charge in [-0.3, -0.25) is 4.90 Å². The number of urea groups is 1. The average Bonchev–Trinajstić information content (AvgIpc) is 3.13. The van der Waals surface area contributed by atoms with E-state index in [1.165, 1.54) is 0 Å². The number of rotatable bonds is 4. The maximum atomic E-state index is 12.5. The molecular weight excluding hydrogens is 304 g/mol. The fourth-order valence-corrected chi connectivity index (χ4v) is 3.55. The number of anilines is 1. The first kappa shape index (κ1) is 17.0. The molecule has 2 fully saturated rings. The van der Waals surface area contributed by atoms with E-state index in [4.69, 9.17) is 4.74 Å². The van der Waals surface area contributed by atoms with Crippen molar-refractivity contribution < 1.29 is 9.53 Å². The van der Waals surface area contributed by atoms with Crippen LogP contribution in [0.25, 0.3) is 0 Å². The third kappa shape index (κ3) is 3.99. The first-order valence-electron chi connectivity index (χ1n) is 8.86. The Hall–Kier alpha value is -1.79. The standard InChI is InChI=1S/C18H28N4O2/c1-3-20-10-12-21(13-11-20)16-8-9-22(14-16)18(23)19-15-4-6-17(24-2)7-5-15/h4-7,16H,3,8-14H2,1-2H3,(H,19,23)/t16-/m0/s1. The molecule has 6 nitrogen and oxygen atoms in total. The zero-order valence-electron chi connectivity index (χ0n) is 14.7. The molecule has 1 N–H and O–H groups in total. The van der Waals surface area contributed by atoms with Gasteiger partial charge in [0.2, 0.25) is 0 Å². The smallest absolute Gasteiger partial charge is 0.321 e. The van der Waals surface area contributed by atoms with Crippen molar-refractivity contribution in [2.75, 3.05) is 58.2 Å². The van der Waals surface area contributed by atoms with Crippen molar-refractivity contribution in [2.45, 2.75) is 19.4 Å². The van der Waals surface area contributed by atoms with Gasteiger partial charge in [-0.15, -0.1) is 0 Å². The van der Waals surface area contributed by atoms with Crippen LogP contribution < -0.4 is 10.1 Å². The third-order valence-corrected chi connectivity index (χ3v) is 5.16. The maximum Gasteiger partial charge on any atom is 0.321 e. The summed E-state index contributed by atoms with van der Waals surface area (Å²) < 4.78 is 5.14. The second-order valence-corrected chi connectivity index (χ2v) is 6.52. The van der Waals surface area contributed by atoms with Gasteiger partial charge < -0.3 is 19.9 Å². The van der Waals surface area contributed by atoms with Crippen molar-refractivity contribution in [2.24, 2.45) is 0 Å². The highest BCUT2D eigenvalue weighted by atomic mass is 16.5. The summed E-state index contributed by atoms with van der Waals surface area (Å²) in [4.78, 5) is 19.4. The molecule has 132 valence electrons. The summed E-state index contributed by atoms with van der Waals surface area (Å²) in [5.74, 6) is 0.792.